The van der Waals surface area contributed by atoms with Gasteiger partial charge in [-0.05, 0) is 32.0 Å². The summed E-state index contributed by atoms with van der Waals surface area (Å²) in [6.07, 6.45) is 0. The number of halogens is 1. The van der Waals surface area contributed by atoms with Crippen molar-refractivity contribution in [3.05, 3.63) is 29.6 Å². The van der Waals surface area contributed by atoms with E-state index in [9.17, 15) is 14.0 Å². The van der Waals surface area contributed by atoms with E-state index < -0.39 is 23.8 Å². The Morgan fingerprint density at radius 2 is 2.15 bits per heavy atom. The Kier molecular flexibility index (Phi) is 5.47. The van der Waals surface area contributed by atoms with Gasteiger partial charge in [0.2, 0.25) is 5.91 Å². The second-order valence-corrected chi connectivity index (χ2v) is 4.02. The summed E-state index contributed by atoms with van der Waals surface area (Å²) in [6, 6.07) is 4.25. The standard InChI is InChI=1S/C13H15FN4O2/c1-3-16-13(20)18-12(19)8(2)17-10-4-5-11(14)9(6-10)7-15/h4-6,8,17H,3H2,1-2H3,(H2,16,18,19,20). The first kappa shape index (κ1) is 15.4. The second-order valence-electron chi connectivity index (χ2n) is 4.02. The molecule has 0 fully saturated rings. The minimum absolute atomic E-state index is 0.119. The molecule has 1 aromatic rings. The number of nitrogens with one attached hydrogen (secondary N) is 3. The average Bonchev–Trinajstić information content (AvgIpc) is 2.41. The maximum Gasteiger partial charge on any atom is 0.321 e. The van der Waals surface area contributed by atoms with Crippen LogP contribution in [0.5, 0.6) is 0 Å². The first-order valence-corrected chi connectivity index (χ1v) is 6.02. The maximum atomic E-state index is 13.1. The zero-order chi connectivity index (χ0) is 15.1. The Morgan fingerprint density at radius 3 is 2.75 bits per heavy atom. The molecule has 0 bridgehead atoms. The van der Waals surface area contributed by atoms with E-state index in [2.05, 4.69) is 16.0 Å². The largest absolute Gasteiger partial charge is 0.374 e. The molecule has 3 amide bonds. The van der Waals surface area contributed by atoms with Crippen molar-refractivity contribution in [2.24, 2.45) is 0 Å². The number of imide groups is 1. The number of nitrogens with zero attached hydrogens (tertiary/aromatic N) is 1. The number of nitriles is 1. The Morgan fingerprint density at radius 1 is 1.45 bits per heavy atom. The first-order chi connectivity index (χ1) is 9.47. The molecule has 1 aromatic carbocycles. The molecule has 0 aliphatic heterocycles. The molecule has 1 atom stereocenters. The molecule has 1 rings (SSSR count). The molecule has 0 aliphatic carbocycles. The maximum absolute atomic E-state index is 13.1. The van der Waals surface area contributed by atoms with E-state index in [1.165, 1.54) is 12.1 Å². The van der Waals surface area contributed by atoms with Crippen molar-refractivity contribution in [3.63, 3.8) is 0 Å². The van der Waals surface area contributed by atoms with Gasteiger partial charge in [0.05, 0.1) is 5.56 Å². The lowest BCUT2D eigenvalue weighted by molar-refractivity contribution is -0.120. The monoisotopic (exact) mass is 278 g/mol. The van der Waals surface area contributed by atoms with Crippen LogP contribution in [0.3, 0.4) is 0 Å². The summed E-state index contributed by atoms with van der Waals surface area (Å²) < 4.78 is 13.1. The Hall–Kier alpha value is -2.62. The first-order valence-electron chi connectivity index (χ1n) is 6.02. The fourth-order valence-corrected chi connectivity index (χ4v) is 1.44. The van der Waals surface area contributed by atoms with Crippen LogP contribution in [0.1, 0.15) is 19.4 Å². The minimum atomic E-state index is -0.713. The topological polar surface area (TPSA) is 94.0 Å². The lowest BCUT2D eigenvalue weighted by Crippen LogP contribution is -2.45. The molecule has 0 aromatic heterocycles. The summed E-state index contributed by atoms with van der Waals surface area (Å²) in [4.78, 5) is 22.9. The Labute approximate surface area is 116 Å². The fourth-order valence-electron chi connectivity index (χ4n) is 1.44. The van der Waals surface area contributed by atoms with Gasteiger partial charge >= 0.3 is 6.03 Å². The van der Waals surface area contributed by atoms with Crippen LogP contribution in [0.2, 0.25) is 0 Å². The van der Waals surface area contributed by atoms with Crippen molar-refractivity contribution in [2.75, 3.05) is 11.9 Å². The quantitative estimate of drug-likeness (QED) is 0.774. The van der Waals surface area contributed by atoms with Crippen molar-refractivity contribution in [2.45, 2.75) is 19.9 Å². The highest BCUT2D eigenvalue weighted by Gasteiger charge is 2.15. The number of anilines is 1. The molecule has 20 heavy (non-hydrogen) atoms. The van der Waals surface area contributed by atoms with Crippen LogP contribution in [-0.2, 0) is 4.79 Å². The van der Waals surface area contributed by atoms with Gasteiger partial charge in [-0.1, -0.05) is 0 Å². The van der Waals surface area contributed by atoms with E-state index in [4.69, 9.17) is 5.26 Å². The van der Waals surface area contributed by atoms with E-state index in [0.717, 1.165) is 6.07 Å². The smallest absolute Gasteiger partial charge is 0.321 e. The van der Waals surface area contributed by atoms with Crippen LogP contribution in [0, 0.1) is 17.1 Å². The average molecular weight is 278 g/mol. The molecule has 0 saturated carbocycles. The van der Waals surface area contributed by atoms with Crippen LogP contribution in [0.15, 0.2) is 18.2 Å². The van der Waals surface area contributed by atoms with E-state index in [1.54, 1.807) is 19.9 Å². The lowest BCUT2D eigenvalue weighted by Gasteiger charge is -2.15. The number of hydrogen-bond donors (Lipinski definition) is 3. The third-order valence-electron chi connectivity index (χ3n) is 2.44. The van der Waals surface area contributed by atoms with E-state index in [1.807, 2.05) is 0 Å². The molecule has 0 radical (unpaired) electrons. The second kappa shape index (κ2) is 7.09. The van der Waals surface area contributed by atoms with Gasteiger partial charge in [-0.25, -0.2) is 9.18 Å². The molecular weight excluding hydrogens is 263 g/mol. The summed E-state index contributed by atoms with van der Waals surface area (Å²) in [5.41, 5.74) is 0.299. The van der Waals surface area contributed by atoms with Crippen LogP contribution >= 0.6 is 0 Å². The van der Waals surface area contributed by atoms with Gasteiger partial charge in [0.1, 0.15) is 17.9 Å². The van der Waals surface area contributed by atoms with Crippen molar-refractivity contribution < 1.29 is 14.0 Å². The fraction of sp³-hybridized carbons (Fsp3) is 0.308. The summed E-state index contributed by atoms with van der Waals surface area (Å²) in [5.74, 6) is -1.16. The van der Waals surface area contributed by atoms with Crippen molar-refractivity contribution >= 4 is 17.6 Å². The summed E-state index contributed by atoms with van der Waals surface area (Å²) >= 11 is 0. The highest BCUT2D eigenvalue weighted by molar-refractivity contribution is 5.97. The minimum Gasteiger partial charge on any atom is -0.374 e. The van der Waals surface area contributed by atoms with Gasteiger partial charge in [-0.3, -0.25) is 10.1 Å². The molecule has 0 aliphatic rings. The van der Waals surface area contributed by atoms with E-state index >= 15 is 0 Å². The summed E-state index contributed by atoms with van der Waals surface area (Å²) in [7, 11) is 0. The predicted molar refractivity (Wildman–Crippen MR) is 71.4 cm³/mol. The molecule has 106 valence electrons. The van der Waals surface area contributed by atoms with Gasteiger partial charge in [-0.2, -0.15) is 5.26 Å². The van der Waals surface area contributed by atoms with Gasteiger partial charge in [0.15, 0.2) is 0 Å². The lowest BCUT2D eigenvalue weighted by atomic mass is 10.2. The number of hydrogen-bond acceptors (Lipinski definition) is 4. The zero-order valence-electron chi connectivity index (χ0n) is 11.2. The predicted octanol–water partition coefficient (Wildman–Crippen LogP) is 1.34. The number of benzene rings is 1. The van der Waals surface area contributed by atoms with Crippen LogP contribution < -0.4 is 16.0 Å². The van der Waals surface area contributed by atoms with Gasteiger partial charge in [-0.15, -0.1) is 0 Å². The van der Waals surface area contributed by atoms with Crippen LogP contribution in [-0.4, -0.2) is 24.5 Å². The van der Waals surface area contributed by atoms with E-state index in [-0.39, 0.29) is 5.56 Å². The Bertz CT molecular complexity index is 554. The normalized spacial score (nSPS) is 11.1. The number of carbonyl (C=O) groups is 2. The van der Waals surface area contributed by atoms with Gasteiger partial charge in [0.25, 0.3) is 0 Å². The van der Waals surface area contributed by atoms with Crippen LogP contribution in [0.4, 0.5) is 14.9 Å². The number of urea groups is 1. The number of rotatable bonds is 4. The molecule has 7 heteroatoms. The van der Waals surface area contributed by atoms with Crippen LogP contribution in [0.25, 0.3) is 0 Å². The van der Waals surface area contributed by atoms with Crippen molar-refractivity contribution in [1.29, 1.82) is 5.26 Å². The third-order valence-corrected chi connectivity index (χ3v) is 2.44. The summed E-state index contributed by atoms with van der Waals surface area (Å²) in [6.45, 7) is 3.68. The molecule has 1 unspecified atom stereocenters. The number of carbonyl (C=O) groups excluding carboxylic acids is 2. The van der Waals surface area contributed by atoms with E-state index in [0.29, 0.717) is 12.2 Å². The molecule has 0 saturated heterocycles. The molecule has 0 heterocycles. The molecular formula is C13H15FN4O2. The third kappa shape index (κ3) is 4.24. The van der Waals surface area contributed by atoms with Crippen molar-refractivity contribution in [3.8, 4) is 6.07 Å². The van der Waals surface area contributed by atoms with Gasteiger partial charge in [0, 0.05) is 12.2 Å². The highest BCUT2D eigenvalue weighted by Crippen LogP contribution is 2.14. The van der Waals surface area contributed by atoms with Gasteiger partial charge < -0.3 is 10.6 Å². The van der Waals surface area contributed by atoms with Crippen molar-refractivity contribution in [1.82, 2.24) is 10.6 Å². The SMILES string of the molecule is CCNC(=O)NC(=O)C(C)Nc1ccc(F)c(C#N)c1. The number of amides is 3. The Balaban J connectivity index is 2.66. The molecule has 3 N–H and O–H groups in total. The summed E-state index contributed by atoms with van der Waals surface area (Å²) in [5, 5.41) is 16.1. The molecule has 6 nitrogen and oxygen atoms in total. The zero-order valence-corrected chi connectivity index (χ0v) is 11.2. The highest BCUT2D eigenvalue weighted by atomic mass is 19.1. The molecule has 0 spiro atoms.